The molecule has 0 fully saturated rings. The first-order chi connectivity index (χ1) is 5.74. The van der Waals surface area contributed by atoms with Crippen LogP contribution < -0.4 is 0 Å². The highest BCUT2D eigenvalue weighted by Crippen LogP contribution is 2.22. The van der Waals surface area contributed by atoms with E-state index < -0.39 is 0 Å². The molecule has 3 heteroatoms. The van der Waals surface area contributed by atoms with Gasteiger partial charge in [0.2, 0.25) is 0 Å². The minimum absolute atomic E-state index is 0.0810. The summed E-state index contributed by atoms with van der Waals surface area (Å²) in [5.41, 5.74) is 0.490. The highest BCUT2D eigenvalue weighted by Gasteiger charge is 1.96. The SMILES string of the molecule is OCC=Cc1cc(O)ccc1O. The van der Waals surface area contributed by atoms with Crippen LogP contribution in [0.4, 0.5) is 0 Å². The summed E-state index contributed by atoms with van der Waals surface area (Å²) in [6.07, 6.45) is 3.02. The van der Waals surface area contributed by atoms with E-state index in [1.165, 1.54) is 30.4 Å². The highest BCUT2D eigenvalue weighted by molar-refractivity contribution is 5.58. The van der Waals surface area contributed by atoms with Crippen LogP contribution in [0.5, 0.6) is 11.5 Å². The van der Waals surface area contributed by atoms with Gasteiger partial charge in [0, 0.05) is 5.56 Å². The van der Waals surface area contributed by atoms with Gasteiger partial charge in [0.05, 0.1) is 6.61 Å². The summed E-state index contributed by atoms with van der Waals surface area (Å²) >= 11 is 0. The summed E-state index contributed by atoms with van der Waals surface area (Å²) in [5, 5.41) is 26.7. The summed E-state index contributed by atoms with van der Waals surface area (Å²) in [7, 11) is 0. The lowest BCUT2D eigenvalue weighted by Gasteiger charge is -1.98. The van der Waals surface area contributed by atoms with Crippen molar-refractivity contribution in [3.05, 3.63) is 29.8 Å². The van der Waals surface area contributed by atoms with Crippen LogP contribution in [0, 0.1) is 0 Å². The predicted molar refractivity (Wildman–Crippen MR) is 45.9 cm³/mol. The molecule has 0 radical (unpaired) electrons. The zero-order valence-electron chi connectivity index (χ0n) is 6.44. The summed E-state index contributed by atoms with van der Waals surface area (Å²) < 4.78 is 0. The maximum absolute atomic E-state index is 9.22. The molecule has 0 saturated carbocycles. The van der Waals surface area contributed by atoms with Crippen molar-refractivity contribution in [2.24, 2.45) is 0 Å². The average molecular weight is 166 g/mol. The maximum Gasteiger partial charge on any atom is 0.123 e. The third kappa shape index (κ3) is 2.00. The van der Waals surface area contributed by atoms with Gasteiger partial charge in [-0.3, -0.25) is 0 Å². The fourth-order valence-electron chi connectivity index (χ4n) is 0.855. The van der Waals surface area contributed by atoms with Crippen molar-refractivity contribution < 1.29 is 15.3 Å². The van der Waals surface area contributed by atoms with Gasteiger partial charge < -0.3 is 15.3 Å². The molecule has 1 aromatic carbocycles. The van der Waals surface area contributed by atoms with E-state index >= 15 is 0 Å². The number of hydrogen-bond donors (Lipinski definition) is 3. The van der Waals surface area contributed by atoms with Crippen LogP contribution in [0.2, 0.25) is 0 Å². The van der Waals surface area contributed by atoms with E-state index in [1.807, 2.05) is 0 Å². The molecule has 0 aromatic heterocycles. The van der Waals surface area contributed by atoms with Crippen molar-refractivity contribution in [3.63, 3.8) is 0 Å². The predicted octanol–water partition coefficient (Wildman–Crippen LogP) is 1.10. The molecule has 0 heterocycles. The van der Waals surface area contributed by atoms with Crippen molar-refractivity contribution in [1.29, 1.82) is 0 Å². The van der Waals surface area contributed by atoms with Gasteiger partial charge in [-0.15, -0.1) is 0 Å². The summed E-state index contributed by atoms with van der Waals surface area (Å²) in [6.45, 7) is -0.0882. The number of aliphatic hydroxyl groups excluding tert-OH is 1. The van der Waals surface area contributed by atoms with E-state index in [4.69, 9.17) is 10.2 Å². The second kappa shape index (κ2) is 3.78. The van der Waals surface area contributed by atoms with Crippen molar-refractivity contribution in [2.75, 3.05) is 6.61 Å². The van der Waals surface area contributed by atoms with Crippen LogP contribution >= 0.6 is 0 Å². The van der Waals surface area contributed by atoms with Crippen LogP contribution in [-0.2, 0) is 0 Å². The molecule has 3 nitrogen and oxygen atoms in total. The Morgan fingerprint density at radius 2 is 2.00 bits per heavy atom. The van der Waals surface area contributed by atoms with E-state index in [9.17, 15) is 5.11 Å². The Hall–Kier alpha value is -1.48. The zero-order chi connectivity index (χ0) is 8.97. The lowest BCUT2D eigenvalue weighted by molar-refractivity contribution is 0.343. The highest BCUT2D eigenvalue weighted by atomic mass is 16.3. The molecule has 64 valence electrons. The summed E-state index contributed by atoms with van der Waals surface area (Å²) in [4.78, 5) is 0. The van der Waals surface area contributed by atoms with Gasteiger partial charge in [0.15, 0.2) is 0 Å². The molecular formula is C9H10O3. The van der Waals surface area contributed by atoms with Gasteiger partial charge in [0.25, 0.3) is 0 Å². The normalized spacial score (nSPS) is 10.8. The Bertz CT molecular complexity index is 292. The standard InChI is InChI=1S/C9H10O3/c10-5-1-2-7-6-8(11)3-4-9(7)12/h1-4,6,10-12H,5H2. The summed E-state index contributed by atoms with van der Waals surface area (Å²) in [5.74, 6) is 0.169. The molecule has 0 bridgehead atoms. The molecule has 1 aromatic rings. The smallest absolute Gasteiger partial charge is 0.123 e. The first-order valence-corrected chi connectivity index (χ1v) is 3.53. The largest absolute Gasteiger partial charge is 0.508 e. The molecule has 0 aliphatic rings. The molecule has 0 unspecified atom stereocenters. The Labute approximate surface area is 70.2 Å². The number of rotatable bonds is 2. The molecule has 0 spiro atoms. The second-order valence-corrected chi connectivity index (χ2v) is 2.33. The van der Waals surface area contributed by atoms with E-state index in [0.29, 0.717) is 5.56 Å². The molecular weight excluding hydrogens is 156 g/mol. The zero-order valence-corrected chi connectivity index (χ0v) is 6.44. The van der Waals surface area contributed by atoms with Crippen LogP contribution in [-0.4, -0.2) is 21.9 Å². The Kier molecular flexibility index (Phi) is 2.71. The fraction of sp³-hybridized carbons (Fsp3) is 0.111. The Balaban J connectivity index is 2.97. The minimum Gasteiger partial charge on any atom is -0.508 e. The Morgan fingerprint density at radius 1 is 1.25 bits per heavy atom. The lowest BCUT2D eigenvalue weighted by atomic mass is 10.2. The Morgan fingerprint density at radius 3 is 2.67 bits per heavy atom. The number of benzene rings is 1. The molecule has 0 aliphatic carbocycles. The average Bonchev–Trinajstić information content (AvgIpc) is 2.07. The van der Waals surface area contributed by atoms with Crippen LogP contribution in [0.1, 0.15) is 5.56 Å². The molecule has 12 heavy (non-hydrogen) atoms. The first-order valence-electron chi connectivity index (χ1n) is 3.53. The number of aliphatic hydroxyl groups is 1. The number of phenols is 2. The van der Waals surface area contributed by atoms with E-state index in [0.717, 1.165) is 0 Å². The topological polar surface area (TPSA) is 60.7 Å². The molecule has 0 aliphatic heterocycles. The van der Waals surface area contributed by atoms with Crippen molar-refractivity contribution in [1.82, 2.24) is 0 Å². The molecule has 0 amide bonds. The fourth-order valence-corrected chi connectivity index (χ4v) is 0.855. The lowest BCUT2D eigenvalue weighted by Crippen LogP contribution is -1.76. The third-order valence-corrected chi connectivity index (χ3v) is 1.41. The van der Waals surface area contributed by atoms with Crippen molar-refractivity contribution in [3.8, 4) is 11.5 Å². The second-order valence-electron chi connectivity index (χ2n) is 2.33. The van der Waals surface area contributed by atoms with Crippen LogP contribution in [0.3, 0.4) is 0 Å². The van der Waals surface area contributed by atoms with E-state index in [2.05, 4.69) is 0 Å². The number of phenolic OH excluding ortho intramolecular Hbond substituents is 2. The third-order valence-electron chi connectivity index (χ3n) is 1.41. The van der Waals surface area contributed by atoms with Gasteiger partial charge in [-0.1, -0.05) is 12.2 Å². The molecule has 3 N–H and O–H groups in total. The molecule has 0 atom stereocenters. The van der Waals surface area contributed by atoms with E-state index in [1.54, 1.807) is 0 Å². The first kappa shape index (κ1) is 8.62. The maximum atomic E-state index is 9.22. The van der Waals surface area contributed by atoms with Gasteiger partial charge >= 0.3 is 0 Å². The van der Waals surface area contributed by atoms with E-state index in [-0.39, 0.29) is 18.1 Å². The van der Waals surface area contributed by atoms with Gasteiger partial charge in [-0.2, -0.15) is 0 Å². The monoisotopic (exact) mass is 166 g/mol. The van der Waals surface area contributed by atoms with Crippen LogP contribution in [0.25, 0.3) is 6.08 Å². The minimum atomic E-state index is -0.0882. The van der Waals surface area contributed by atoms with Gasteiger partial charge in [-0.25, -0.2) is 0 Å². The molecule has 1 rings (SSSR count). The quantitative estimate of drug-likeness (QED) is 0.576. The number of hydrogen-bond acceptors (Lipinski definition) is 3. The van der Waals surface area contributed by atoms with Crippen molar-refractivity contribution in [2.45, 2.75) is 0 Å². The number of aromatic hydroxyl groups is 2. The van der Waals surface area contributed by atoms with Crippen molar-refractivity contribution >= 4 is 6.08 Å². The summed E-state index contributed by atoms with van der Waals surface area (Å²) in [6, 6.07) is 4.21. The van der Waals surface area contributed by atoms with Gasteiger partial charge in [0.1, 0.15) is 11.5 Å². The van der Waals surface area contributed by atoms with Gasteiger partial charge in [-0.05, 0) is 18.2 Å². The molecule has 0 saturated heterocycles. The van der Waals surface area contributed by atoms with Crippen LogP contribution in [0.15, 0.2) is 24.3 Å².